The molecule has 1 aliphatic rings. The molecule has 5 nitrogen and oxygen atoms in total. The molecule has 0 unspecified atom stereocenters. The molecule has 0 saturated heterocycles. The van der Waals surface area contributed by atoms with E-state index in [9.17, 15) is 14.5 Å². The molecule has 6 heteroatoms. The Bertz CT molecular complexity index is 447. The van der Waals surface area contributed by atoms with Crippen molar-refractivity contribution in [1.29, 1.82) is 0 Å². The lowest BCUT2D eigenvalue weighted by atomic mass is 9.89. The number of nitro benzene ring substituents is 1. The highest BCUT2D eigenvalue weighted by Gasteiger charge is 2.28. The number of methoxy groups -OCH3 is 1. The zero-order chi connectivity index (χ0) is 13.1. The van der Waals surface area contributed by atoms with Crippen molar-refractivity contribution < 1.29 is 14.1 Å². The van der Waals surface area contributed by atoms with Crippen LogP contribution in [0, 0.1) is 15.9 Å². The molecule has 0 amide bonds. The van der Waals surface area contributed by atoms with E-state index in [2.05, 4.69) is 5.32 Å². The molecule has 1 N–H and O–H groups in total. The third-order valence-electron chi connectivity index (χ3n) is 3.26. The summed E-state index contributed by atoms with van der Waals surface area (Å²) in [4.78, 5) is 9.88. The molecular weight excluding hydrogens is 239 g/mol. The van der Waals surface area contributed by atoms with E-state index >= 15 is 0 Å². The summed E-state index contributed by atoms with van der Waals surface area (Å²) >= 11 is 0. The third kappa shape index (κ3) is 2.65. The van der Waals surface area contributed by atoms with Gasteiger partial charge in [0.2, 0.25) is 5.82 Å². The highest BCUT2D eigenvalue weighted by Crippen LogP contribution is 2.24. The molecule has 2 rings (SSSR count). The summed E-state index contributed by atoms with van der Waals surface area (Å²) in [7, 11) is 1.67. The largest absolute Gasteiger partial charge is 0.381 e. The Hall–Kier alpha value is -1.53. The van der Waals surface area contributed by atoms with Crippen LogP contribution in [0.2, 0.25) is 0 Å². The average molecular weight is 254 g/mol. The molecule has 0 spiro atoms. The van der Waals surface area contributed by atoms with E-state index in [1.807, 2.05) is 0 Å². The first-order valence-electron chi connectivity index (χ1n) is 5.79. The lowest BCUT2D eigenvalue weighted by molar-refractivity contribution is -0.387. The predicted molar refractivity (Wildman–Crippen MR) is 63.7 cm³/mol. The van der Waals surface area contributed by atoms with E-state index in [0.717, 1.165) is 12.8 Å². The second-order valence-electron chi connectivity index (χ2n) is 4.41. The fraction of sp³-hybridized carbons (Fsp3) is 0.500. The summed E-state index contributed by atoms with van der Waals surface area (Å²) in [6.45, 7) is 0.300. The highest BCUT2D eigenvalue weighted by atomic mass is 19.1. The number of halogens is 1. The Balaban J connectivity index is 1.94. The molecule has 0 atom stereocenters. The van der Waals surface area contributed by atoms with Gasteiger partial charge in [-0.2, -0.15) is 4.39 Å². The van der Waals surface area contributed by atoms with Crippen LogP contribution in [0.3, 0.4) is 0 Å². The molecule has 1 saturated carbocycles. The van der Waals surface area contributed by atoms with Gasteiger partial charge in [-0.1, -0.05) is 12.1 Å². The van der Waals surface area contributed by atoms with Crippen LogP contribution in [0.4, 0.5) is 10.1 Å². The number of benzene rings is 1. The van der Waals surface area contributed by atoms with E-state index in [0.29, 0.717) is 18.2 Å². The van der Waals surface area contributed by atoms with Crippen molar-refractivity contribution in [2.45, 2.75) is 31.5 Å². The van der Waals surface area contributed by atoms with Crippen LogP contribution in [-0.4, -0.2) is 24.2 Å². The minimum absolute atomic E-state index is 0.275. The van der Waals surface area contributed by atoms with Gasteiger partial charge in [-0.05, 0) is 12.8 Å². The van der Waals surface area contributed by atoms with Gasteiger partial charge in [0.25, 0.3) is 0 Å². The summed E-state index contributed by atoms with van der Waals surface area (Å²) in [6, 6.07) is 4.52. The molecular formula is C12H15FN2O3. The van der Waals surface area contributed by atoms with Crippen molar-refractivity contribution >= 4 is 5.69 Å². The summed E-state index contributed by atoms with van der Waals surface area (Å²) in [5.74, 6) is -0.752. The fourth-order valence-corrected chi connectivity index (χ4v) is 2.02. The van der Waals surface area contributed by atoms with Crippen LogP contribution in [0.5, 0.6) is 0 Å². The van der Waals surface area contributed by atoms with Crippen molar-refractivity contribution in [3.05, 3.63) is 39.7 Å². The van der Waals surface area contributed by atoms with Gasteiger partial charge in [0.1, 0.15) is 0 Å². The molecule has 1 aliphatic carbocycles. The van der Waals surface area contributed by atoms with Gasteiger partial charge >= 0.3 is 5.69 Å². The van der Waals surface area contributed by atoms with E-state index in [1.54, 1.807) is 13.2 Å². The first kappa shape index (κ1) is 12.9. The van der Waals surface area contributed by atoms with E-state index in [4.69, 9.17) is 4.74 Å². The zero-order valence-corrected chi connectivity index (χ0v) is 10.1. The van der Waals surface area contributed by atoms with E-state index in [-0.39, 0.29) is 6.10 Å². The second-order valence-corrected chi connectivity index (χ2v) is 4.41. The minimum Gasteiger partial charge on any atom is -0.381 e. The van der Waals surface area contributed by atoms with Crippen LogP contribution in [0.15, 0.2) is 18.2 Å². The molecule has 0 bridgehead atoms. The van der Waals surface area contributed by atoms with Crippen LogP contribution < -0.4 is 5.32 Å². The van der Waals surface area contributed by atoms with Gasteiger partial charge in [0.05, 0.1) is 11.0 Å². The van der Waals surface area contributed by atoms with Gasteiger partial charge in [-0.25, -0.2) is 0 Å². The number of ether oxygens (including phenoxy) is 1. The van der Waals surface area contributed by atoms with Crippen molar-refractivity contribution in [3.63, 3.8) is 0 Å². The molecule has 98 valence electrons. The Morgan fingerprint density at radius 2 is 2.28 bits per heavy atom. The molecule has 1 aromatic carbocycles. The number of rotatable bonds is 5. The van der Waals surface area contributed by atoms with Crippen molar-refractivity contribution in [2.24, 2.45) is 0 Å². The topological polar surface area (TPSA) is 64.4 Å². The zero-order valence-electron chi connectivity index (χ0n) is 10.1. The Labute approximate surface area is 104 Å². The quantitative estimate of drug-likeness (QED) is 0.644. The number of nitrogens with zero attached hydrogens (tertiary/aromatic N) is 1. The van der Waals surface area contributed by atoms with Gasteiger partial charge in [0.15, 0.2) is 0 Å². The standard InChI is InChI=1S/C12H15FN2O3/c1-18-10-5-9(6-10)14-7-8-3-2-4-11(12(8)13)15(16)17/h2-4,9-10,14H,5-7H2,1H3. The Morgan fingerprint density at radius 1 is 1.56 bits per heavy atom. The summed E-state index contributed by atoms with van der Waals surface area (Å²) in [6.07, 6.45) is 2.07. The summed E-state index contributed by atoms with van der Waals surface area (Å²) in [5, 5.41) is 13.8. The number of nitrogens with one attached hydrogen (secondary N) is 1. The van der Waals surface area contributed by atoms with Gasteiger partial charge < -0.3 is 10.1 Å². The SMILES string of the molecule is COC1CC(NCc2cccc([N+](=O)[O-])c2F)C1. The maximum Gasteiger partial charge on any atom is 0.305 e. The number of hydrogen-bond donors (Lipinski definition) is 1. The monoisotopic (exact) mass is 254 g/mol. The maximum absolute atomic E-state index is 13.7. The van der Waals surface area contributed by atoms with Crippen LogP contribution in [0.1, 0.15) is 18.4 Å². The van der Waals surface area contributed by atoms with Crippen molar-refractivity contribution in [3.8, 4) is 0 Å². The van der Waals surface area contributed by atoms with Crippen molar-refractivity contribution in [2.75, 3.05) is 7.11 Å². The van der Waals surface area contributed by atoms with Crippen LogP contribution in [0.25, 0.3) is 0 Å². The Morgan fingerprint density at radius 3 is 2.89 bits per heavy atom. The third-order valence-corrected chi connectivity index (χ3v) is 3.26. The smallest absolute Gasteiger partial charge is 0.305 e. The molecule has 0 heterocycles. The molecule has 0 radical (unpaired) electrons. The van der Waals surface area contributed by atoms with Crippen molar-refractivity contribution in [1.82, 2.24) is 5.32 Å². The first-order chi connectivity index (χ1) is 8.61. The fourth-order valence-electron chi connectivity index (χ4n) is 2.02. The number of nitro groups is 1. The normalized spacial score (nSPS) is 22.6. The molecule has 0 aromatic heterocycles. The molecule has 1 fully saturated rings. The Kier molecular flexibility index (Phi) is 3.88. The number of hydrogen-bond acceptors (Lipinski definition) is 4. The predicted octanol–water partition coefficient (Wildman–Crippen LogP) is 2.00. The van der Waals surface area contributed by atoms with E-state index in [1.165, 1.54) is 12.1 Å². The lowest BCUT2D eigenvalue weighted by Crippen LogP contribution is -2.44. The highest BCUT2D eigenvalue weighted by molar-refractivity contribution is 5.36. The molecule has 0 aliphatic heterocycles. The molecule has 18 heavy (non-hydrogen) atoms. The maximum atomic E-state index is 13.7. The minimum atomic E-state index is -0.752. The summed E-state index contributed by atoms with van der Waals surface area (Å²) < 4.78 is 18.9. The van der Waals surface area contributed by atoms with Crippen LogP contribution in [-0.2, 0) is 11.3 Å². The van der Waals surface area contributed by atoms with E-state index < -0.39 is 16.4 Å². The first-order valence-corrected chi connectivity index (χ1v) is 5.79. The average Bonchev–Trinajstić information content (AvgIpc) is 2.29. The second kappa shape index (κ2) is 5.41. The van der Waals surface area contributed by atoms with Gasteiger partial charge in [0, 0.05) is 31.3 Å². The summed E-state index contributed by atoms with van der Waals surface area (Å²) in [5.41, 5.74) is -0.150. The van der Waals surface area contributed by atoms with Gasteiger partial charge in [-0.3, -0.25) is 10.1 Å². The van der Waals surface area contributed by atoms with Gasteiger partial charge in [-0.15, -0.1) is 0 Å². The molecule has 1 aromatic rings. The lowest BCUT2D eigenvalue weighted by Gasteiger charge is -2.34. The van der Waals surface area contributed by atoms with Crippen LogP contribution >= 0.6 is 0 Å².